The first-order valence-corrected chi connectivity index (χ1v) is 13.5. The monoisotopic (exact) mass is 556 g/mol. The SMILES string of the molecule is CC(C)OC(=O)N1CCC(O[C@H](C)c2nc(-c3ccc(N4C[C@H](c5cc(F)ccc5F)[C@@H](N)C4)nc3)no2)CC1. The van der Waals surface area contributed by atoms with Crippen LogP contribution in [0.4, 0.5) is 19.4 Å². The summed E-state index contributed by atoms with van der Waals surface area (Å²) in [6.45, 7) is 7.53. The van der Waals surface area contributed by atoms with Crippen molar-refractivity contribution in [1.29, 1.82) is 0 Å². The standard InChI is InChI=1S/C28H34F2N6O4/c1-16(2)38-28(37)35-10-8-20(9-11-35)39-17(3)27-33-26(34-40-27)18-4-7-25(32-13-18)36-14-22(24(31)15-36)21-12-19(29)5-6-23(21)30/h4-7,12-13,16-17,20,22,24H,8-11,14-15,31H2,1-3H3/t17-,22-,24+/m1/s1. The number of hydrogen-bond donors (Lipinski definition) is 1. The van der Waals surface area contributed by atoms with Crippen LogP contribution in [-0.2, 0) is 9.47 Å². The van der Waals surface area contributed by atoms with Crippen molar-refractivity contribution in [2.24, 2.45) is 5.73 Å². The Morgan fingerprint density at radius 1 is 1.12 bits per heavy atom. The minimum atomic E-state index is -0.488. The molecule has 2 aromatic heterocycles. The average molecular weight is 557 g/mol. The molecule has 2 N–H and O–H groups in total. The number of nitrogens with zero attached hydrogens (tertiary/aromatic N) is 5. The summed E-state index contributed by atoms with van der Waals surface area (Å²) in [7, 11) is 0. The molecule has 0 radical (unpaired) electrons. The molecular formula is C28H34F2N6O4. The summed E-state index contributed by atoms with van der Waals surface area (Å²) in [5, 5.41) is 4.09. The van der Waals surface area contributed by atoms with Gasteiger partial charge < -0.3 is 29.5 Å². The van der Waals surface area contributed by atoms with Crippen molar-refractivity contribution in [1.82, 2.24) is 20.0 Å². The highest BCUT2D eigenvalue weighted by molar-refractivity contribution is 5.67. The third-order valence-corrected chi connectivity index (χ3v) is 7.28. The molecule has 2 aliphatic rings. The Balaban J connectivity index is 1.16. The van der Waals surface area contributed by atoms with E-state index < -0.39 is 17.7 Å². The predicted octanol–water partition coefficient (Wildman–Crippen LogP) is 4.43. The van der Waals surface area contributed by atoms with Crippen molar-refractivity contribution in [2.75, 3.05) is 31.1 Å². The molecule has 5 rings (SSSR count). The van der Waals surface area contributed by atoms with Gasteiger partial charge in [-0.25, -0.2) is 18.6 Å². The van der Waals surface area contributed by atoms with Gasteiger partial charge in [-0.2, -0.15) is 4.98 Å². The summed E-state index contributed by atoms with van der Waals surface area (Å²) in [5.74, 6) is 0.106. The van der Waals surface area contributed by atoms with Gasteiger partial charge in [0.05, 0.1) is 12.2 Å². The lowest BCUT2D eigenvalue weighted by atomic mass is 9.94. The first-order valence-electron chi connectivity index (χ1n) is 13.5. The zero-order valence-corrected chi connectivity index (χ0v) is 22.8. The number of amides is 1. The molecule has 4 heterocycles. The van der Waals surface area contributed by atoms with E-state index in [-0.39, 0.29) is 35.8 Å². The van der Waals surface area contributed by atoms with Crippen molar-refractivity contribution in [2.45, 2.75) is 63.9 Å². The number of ether oxygens (including phenoxy) is 2. The third kappa shape index (κ3) is 6.23. The number of rotatable bonds is 7. The lowest BCUT2D eigenvalue weighted by molar-refractivity contribution is -0.0475. The fourth-order valence-electron chi connectivity index (χ4n) is 5.16. The van der Waals surface area contributed by atoms with Crippen LogP contribution in [0, 0.1) is 11.6 Å². The van der Waals surface area contributed by atoms with E-state index in [0.717, 1.165) is 12.1 Å². The summed E-state index contributed by atoms with van der Waals surface area (Å²) in [6.07, 6.45) is 2.12. The maximum Gasteiger partial charge on any atom is 0.410 e. The minimum Gasteiger partial charge on any atom is -0.447 e. The fourth-order valence-corrected chi connectivity index (χ4v) is 5.16. The molecule has 0 spiro atoms. The number of hydrogen-bond acceptors (Lipinski definition) is 9. The molecule has 0 aliphatic carbocycles. The predicted molar refractivity (Wildman–Crippen MR) is 143 cm³/mol. The zero-order chi connectivity index (χ0) is 28.4. The molecule has 3 aromatic rings. The quantitative estimate of drug-likeness (QED) is 0.451. The van der Waals surface area contributed by atoms with Gasteiger partial charge in [0.2, 0.25) is 5.82 Å². The number of benzene rings is 1. The number of likely N-dealkylation sites (tertiary alicyclic amines) is 1. The van der Waals surface area contributed by atoms with E-state index >= 15 is 0 Å². The summed E-state index contributed by atoms with van der Waals surface area (Å²) >= 11 is 0. The largest absolute Gasteiger partial charge is 0.447 e. The van der Waals surface area contributed by atoms with Gasteiger partial charge in [0.15, 0.2) is 0 Å². The molecule has 1 aromatic carbocycles. The van der Waals surface area contributed by atoms with Gasteiger partial charge in [0.1, 0.15) is 23.6 Å². The molecule has 214 valence electrons. The van der Waals surface area contributed by atoms with Crippen LogP contribution in [-0.4, -0.2) is 70.5 Å². The van der Waals surface area contributed by atoms with E-state index in [2.05, 4.69) is 15.1 Å². The highest BCUT2D eigenvalue weighted by atomic mass is 19.1. The minimum absolute atomic E-state index is 0.0362. The number of piperidine rings is 1. The van der Waals surface area contributed by atoms with Crippen molar-refractivity contribution in [3.63, 3.8) is 0 Å². The van der Waals surface area contributed by atoms with E-state index in [1.807, 2.05) is 37.8 Å². The number of nitrogens with two attached hydrogens (primary N) is 1. The maximum atomic E-state index is 14.3. The van der Waals surface area contributed by atoms with E-state index in [1.165, 1.54) is 6.07 Å². The molecular weight excluding hydrogens is 522 g/mol. The van der Waals surface area contributed by atoms with Crippen LogP contribution in [0.25, 0.3) is 11.4 Å². The molecule has 40 heavy (non-hydrogen) atoms. The van der Waals surface area contributed by atoms with Crippen LogP contribution in [0.5, 0.6) is 0 Å². The van der Waals surface area contributed by atoms with E-state index in [9.17, 15) is 13.6 Å². The Labute approximate surface area is 231 Å². The highest BCUT2D eigenvalue weighted by Crippen LogP contribution is 2.32. The van der Waals surface area contributed by atoms with Crippen molar-refractivity contribution < 1.29 is 27.6 Å². The zero-order valence-electron chi connectivity index (χ0n) is 22.8. The normalized spacial score (nSPS) is 20.8. The lowest BCUT2D eigenvalue weighted by Crippen LogP contribution is -2.42. The second-order valence-corrected chi connectivity index (χ2v) is 10.6. The Morgan fingerprint density at radius 2 is 1.90 bits per heavy atom. The summed E-state index contributed by atoms with van der Waals surface area (Å²) < 4.78 is 44.9. The van der Waals surface area contributed by atoms with Gasteiger partial charge in [0, 0.05) is 49.9 Å². The van der Waals surface area contributed by atoms with Crippen LogP contribution in [0.15, 0.2) is 41.1 Å². The van der Waals surface area contributed by atoms with Crippen LogP contribution in [0.3, 0.4) is 0 Å². The second-order valence-electron chi connectivity index (χ2n) is 10.6. The van der Waals surface area contributed by atoms with Crippen molar-refractivity contribution in [3.05, 3.63) is 59.6 Å². The lowest BCUT2D eigenvalue weighted by Gasteiger charge is -2.32. The number of pyridine rings is 1. The van der Waals surface area contributed by atoms with E-state index in [0.29, 0.717) is 62.1 Å². The molecule has 0 saturated carbocycles. The Kier molecular flexibility index (Phi) is 8.27. The average Bonchev–Trinajstić information content (AvgIpc) is 3.58. The Morgan fingerprint density at radius 3 is 2.60 bits per heavy atom. The first kappa shape index (κ1) is 27.9. The smallest absolute Gasteiger partial charge is 0.410 e. The highest BCUT2D eigenvalue weighted by Gasteiger charge is 2.34. The Hall–Kier alpha value is -3.64. The number of anilines is 1. The van der Waals surface area contributed by atoms with Gasteiger partial charge in [-0.15, -0.1) is 0 Å². The van der Waals surface area contributed by atoms with E-state index in [4.69, 9.17) is 19.7 Å². The summed E-state index contributed by atoms with van der Waals surface area (Å²) in [6, 6.07) is 6.74. The van der Waals surface area contributed by atoms with Gasteiger partial charge >= 0.3 is 6.09 Å². The second kappa shape index (κ2) is 11.8. The van der Waals surface area contributed by atoms with Crippen molar-refractivity contribution in [3.8, 4) is 11.4 Å². The van der Waals surface area contributed by atoms with Crippen molar-refractivity contribution >= 4 is 11.9 Å². The third-order valence-electron chi connectivity index (χ3n) is 7.28. The molecule has 0 unspecified atom stereocenters. The van der Waals surface area contributed by atoms with Gasteiger partial charge in [0.25, 0.3) is 5.89 Å². The summed E-state index contributed by atoms with van der Waals surface area (Å²) in [4.78, 5) is 24.8. The topological polar surface area (TPSA) is 120 Å². The van der Waals surface area contributed by atoms with Gasteiger partial charge in [-0.05, 0) is 69.5 Å². The molecule has 2 fully saturated rings. The van der Waals surface area contributed by atoms with Crippen LogP contribution < -0.4 is 10.6 Å². The Bertz CT molecular complexity index is 1310. The molecule has 2 saturated heterocycles. The number of aromatic nitrogens is 3. The fraction of sp³-hybridized carbons (Fsp3) is 0.500. The van der Waals surface area contributed by atoms with E-state index in [1.54, 1.807) is 11.1 Å². The molecule has 3 atom stereocenters. The maximum absolute atomic E-state index is 14.3. The van der Waals surface area contributed by atoms with Crippen LogP contribution in [0.1, 0.15) is 57.1 Å². The number of halogens is 2. The molecule has 1 amide bonds. The summed E-state index contributed by atoms with van der Waals surface area (Å²) in [5.41, 5.74) is 7.23. The first-order chi connectivity index (χ1) is 19.2. The number of carbonyl (C=O) groups is 1. The van der Waals surface area contributed by atoms with Gasteiger partial charge in [-0.3, -0.25) is 0 Å². The van der Waals surface area contributed by atoms with Crippen LogP contribution in [0.2, 0.25) is 0 Å². The number of carbonyl (C=O) groups excluding carboxylic acids is 1. The molecule has 12 heteroatoms. The molecule has 0 bridgehead atoms. The van der Waals surface area contributed by atoms with Gasteiger partial charge in [-0.1, -0.05) is 5.16 Å². The molecule has 2 aliphatic heterocycles. The molecule has 10 nitrogen and oxygen atoms in total. The van der Waals surface area contributed by atoms with Crippen LogP contribution >= 0.6 is 0 Å².